The van der Waals surface area contributed by atoms with Gasteiger partial charge in [-0.25, -0.2) is 0 Å². The summed E-state index contributed by atoms with van der Waals surface area (Å²) in [5.74, 6) is 3.95. The molecular formula is C15H28OS2. The second-order valence-corrected chi connectivity index (χ2v) is 8.14. The SMILES string of the molecule is C/C=C/C[C@H](C)[C@@H](OC)[C@H](C)CC1SCCCS1. The first kappa shape index (κ1) is 16.5. The minimum Gasteiger partial charge on any atom is -0.381 e. The van der Waals surface area contributed by atoms with Gasteiger partial charge in [-0.2, -0.15) is 0 Å². The van der Waals surface area contributed by atoms with Crippen LogP contribution in [0.2, 0.25) is 0 Å². The van der Waals surface area contributed by atoms with Crippen LogP contribution >= 0.6 is 23.5 Å². The Labute approximate surface area is 122 Å². The Morgan fingerprint density at radius 2 is 1.89 bits per heavy atom. The van der Waals surface area contributed by atoms with E-state index in [4.69, 9.17) is 4.74 Å². The molecule has 3 heteroatoms. The van der Waals surface area contributed by atoms with Crippen molar-refractivity contribution < 1.29 is 4.74 Å². The van der Waals surface area contributed by atoms with Crippen molar-refractivity contribution in [1.29, 1.82) is 0 Å². The van der Waals surface area contributed by atoms with Crippen LogP contribution in [0, 0.1) is 11.8 Å². The highest BCUT2D eigenvalue weighted by atomic mass is 32.2. The van der Waals surface area contributed by atoms with Crippen molar-refractivity contribution in [3.05, 3.63) is 12.2 Å². The zero-order valence-corrected chi connectivity index (χ0v) is 13.9. The van der Waals surface area contributed by atoms with Crippen molar-refractivity contribution in [3.63, 3.8) is 0 Å². The van der Waals surface area contributed by atoms with Crippen molar-refractivity contribution in [3.8, 4) is 0 Å². The molecule has 0 bridgehead atoms. The van der Waals surface area contributed by atoms with Gasteiger partial charge in [0.1, 0.15) is 0 Å². The van der Waals surface area contributed by atoms with Crippen molar-refractivity contribution in [1.82, 2.24) is 0 Å². The lowest BCUT2D eigenvalue weighted by Crippen LogP contribution is -2.30. The lowest BCUT2D eigenvalue weighted by molar-refractivity contribution is 0.0168. The molecule has 18 heavy (non-hydrogen) atoms. The molecule has 1 saturated heterocycles. The largest absolute Gasteiger partial charge is 0.381 e. The Kier molecular flexibility index (Phi) is 8.53. The maximum Gasteiger partial charge on any atom is 0.0626 e. The first-order chi connectivity index (χ1) is 8.69. The summed E-state index contributed by atoms with van der Waals surface area (Å²) in [6.07, 6.45) is 8.59. The van der Waals surface area contributed by atoms with Crippen LogP contribution in [0.3, 0.4) is 0 Å². The Morgan fingerprint density at radius 3 is 2.44 bits per heavy atom. The highest BCUT2D eigenvalue weighted by Crippen LogP contribution is 2.37. The van der Waals surface area contributed by atoms with E-state index >= 15 is 0 Å². The van der Waals surface area contributed by atoms with Crippen LogP contribution in [0.4, 0.5) is 0 Å². The van der Waals surface area contributed by atoms with Gasteiger partial charge in [0.2, 0.25) is 0 Å². The van der Waals surface area contributed by atoms with Crippen molar-refractivity contribution in [2.24, 2.45) is 11.8 Å². The first-order valence-corrected chi connectivity index (χ1v) is 9.16. The lowest BCUT2D eigenvalue weighted by Gasteiger charge is -2.31. The molecule has 0 aromatic rings. The molecule has 1 nitrogen and oxygen atoms in total. The van der Waals surface area contributed by atoms with Crippen LogP contribution < -0.4 is 0 Å². The maximum atomic E-state index is 5.76. The van der Waals surface area contributed by atoms with Crippen LogP contribution in [0.25, 0.3) is 0 Å². The highest BCUT2D eigenvalue weighted by Gasteiger charge is 2.26. The van der Waals surface area contributed by atoms with E-state index in [0.29, 0.717) is 17.9 Å². The summed E-state index contributed by atoms with van der Waals surface area (Å²) >= 11 is 4.28. The van der Waals surface area contributed by atoms with Gasteiger partial charge in [0.05, 0.1) is 10.7 Å². The van der Waals surface area contributed by atoms with E-state index in [1.165, 1.54) is 24.3 Å². The van der Waals surface area contributed by atoms with Gasteiger partial charge in [-0.05, 0) is 49.5 Å². The second kappa shape index (κ2) is 9.33. The van der Waals surface area contributed by atoms with E-state index in [1.54, 1.807) is 0 Å². The van der Waals surface area contributed by atoms with Gasteiger partial charge in [-0.15, -0.1) is 23.5 Å². The molecule has 3 atom stereocenters. The van der Waals surface area contributed by atoms with E-state index in [2.05, 4.69) is 56.4 Å². The van der Waals surface area contributed by atoms with Gasteiger partial charge >= 0.3 is 0 Å². The van der Waals surface area contributed by atoms with Crippen LogP contribution in [-0.4, -0.2) is 29.3 Å². The molecule has 106 valence electrons. The summed E-state index contributed by atoms with van der Waals surface area (Å²) in [7, 11) is 1.87. The Morgan fingerprint density at radius 1 is 1.22 bits per heavy atom. The fourth-order valence-corrected chi connectivity index (χ4v) is 5.79. The summed E-state index contributed by atoms with van der Waals surface area (Å²) in [5, 5.41) is 0. The maximum absolute atomic E-state index is 5.76. The summed E-state index contributed by atoms with van der Waals surface area (Å²) < 4.78 is 6.55. The van der Waals surface area contributed by atoms with E-state index < -0.39 is 0 Å². The fraction of sp³-hybridized carbons (Fsp3) is 0.867. The Balaban J connectivity index is 2.41. The molecule has 0 amide bonds. The van der Waals surface area contributed by atoms with Gasteiger partial charge < -0.3 is 4.74 Å². The number of ether oxygens (including phenoxy) is 1. The molecule has 0 radical (unpaired) electrons. The standard InChI is InChI=1S/C15H28OS2/c1-5-6-8-12(2)15(16-4)13(3)11-14-17-9-7-10-18-14/h5-6,12-15H,7-11H2,1-4H3/b6-5+/t12-,13+,15+/m0/s1. The average Bonchev–Trinajstić information content (AvgIpc) is 2.38. The predicted octanol–water partition coefficient (Wildman–Crippen LogP) is 4.83. The quantitative estimate of drug-likeness (QED) is 0.621. The molecule has 1 fully saturated rings. The number of thioether (sulfide) groups is 2. The Hall–Kier alpha value is 0.400. The minimum absolute atomic E-state index is 0.393. The van der Waals surface area contributed by atoms with Gasteiger partial charge in [-0.3, -0.25) is 0 Å². The van der Waals surface area contributed by atoms with E-state index in [0.717, 1.165) is 11.0 Å². The van der Waals surface area contributed by atoms with Gasteiger partial charge in [-0.1, -0.05) is 26.0 Å². The number of hydrogen-bond acceptors (Lipinski definition) is 3. The molecule has 1 rings (SSSR count). The molecular weight excluding hydrogens is 260 g/mol. The van der Waals surface area contributed by atoms with E-state index in [-0.39, 0.29) is 0 Å². The summed E-state index contributed by atoms with van der Waals surface area (Å²) in [6, 6.07) is 0. The third-order valence-corrected chi connectivity index (χ3v) is 6.59. The molecule has 0 N–H and O–H groups in total. The number of hydrogen-bond donors (Lipinski definition) is 0. The number of methoxy groups -OCH3 is 1. The van der Waals surface area contributed by atoms with Crippen molar-refractivity contribution in [2.75, 3.05) is 18.6 Å². The van der Waals surface area contributed by atoms with Crippen LogP contribution in [0.15, 0.2) is 12.2 Å². The lowest BCUT2D eigenvalue weighted by atomic mass is 9.89. The molecule has 0 unspecified atom stereocenters. The summed E-state index contributed by atoms with van der Waals surface area (Å²) in [5.41, 5.74) is 0. The third-order valence-electron chi connectivity index (χ3n) is 3.60. The smallest absolute Gasteiger partial charge is 0.0626 e. The summed E-state index contributed by atoms with van der Waals surface area (Å²) in [6.45, 7) is 6.76. The average molecular weight is 289 g/mol. The van der Waals surface area contributed by atoms with Crippen molar-refractivity contribution >= 4 is 23.5 Å². The van der Waals surface area contributed by atoms with E-state index in [9.17, 15) is 0 Å². The molecule has 0 aromatic carbocycles. The fourth-order valence-electron chi connectivity index (χ4n) is 2.62. The molecule has 1 aliphatic heterocycles. The molecule has 0 saturated carbocycles. The number of rotatable bonds is 7. The van der Waals surface area contributed by atoms with E-state index in [1.807, 2.05) is 7.11 Å². The number of allylic oxidation sites excluding steroid dienone is 2. The summed E-state index contributed by atoms with van der Waals surface area (Å²) in [4.78, 5) is 0. The van der Waals surface area contributed by atoms with Gasteiger partial charge in [0.25, 0.3) is 0 Å². The molecule has 0 spiro atoms. The first-order valence-electron chi connectivity index (χ1n) is 7.06. The van der Waals surface area contributed by atoms with Crippen molar-refractivity contribution in [2.45, 2.75) is 50.7 Å². The topological polar surface area (TPSA) is 9.23 Å². The minimum atomic E-state index is 0.393. The molecule has 1 heterocycles. The third kappa shape index (κ3) is 5.58. The zero-order chi connectivity index (χ0) is 13.4. The molecule has 1 aliphatic rings. The van der Waals surface area contributed by atoms with Crippen LogP contribution in [0.1, 0.15) is 40.0 Å². The highest BCUT2D eigenvalue weighted by molar-refractivity contribution is 8.17. The monoisotopic (exact) mass is 288 g/mol. The predicted molar refractivity (Wildman–Crippen MR) is 86.5 cm³/mol. The Bertz CT molecular complexity index is 237. The van der Waals surface area contributed by atoms with Crippen LogP contribution in [-0.2, 0) is 4.74 Å². The van der Waals surface area contributed by atoms with Crippen LogP contribution in [0.5, 0.6) is 0 Å². The zero-order valence-electron chi connectivity index (χ0n) is 12.2. The molecule has 0 aliphatic carbocycles. The van der Waals surface area contributed by atoms with Gasteiger partial charge in [0.15, 0.2) is 0 Å². The second-order valence-electron chi connectivity index (χ2n) is 5.22. The molecule has 0 aromatic heterocycles. The normalized spacial score (nSPS) is 23.1. The van der Waals surface area contributed by atoms with Gasteiger partial charge in [0, 0.05) is 7.11 Å².